The molecule has 2 aliphatic rings. The van der Waals surface area contributed by atoms with Gasteiger partial charge in [-0.25, -0.2) is 0 Å². The zero-order chi connectivity index (χ0) is 18.3. The van der Waals surface area contributed by atoms with Crippen LogP contribution in [0, 0.1) is 17.8 Å². The third-order valence-corrected chi connectivity index (χ3v) is 6.06. The van der Waals surface area contributed by atoms with Crippen molar-refractivity contribution in [2.75, 3.05) is 0 Å². The molecule has 4 rings (SSSR count). The van der Waals surface area contributed by atoms with Crippen LogP contribution in [-0.4, -0.2) is 23.9 Å². The molecule has 1 saturated carbocycles. The van der Waals surface area contributed by atoms with E-state index >= 15 is 0 Å². The predicted octanol–water partition coefficient (Wildman–Crippen LogP) is 3.49. The Morgan fingerprint density at radius 1 is 1.27 bits per heavy atom. The second-order valence-corrected chi connectivity index (χ2v) is 8.08. The smallest absolute Gasteiger partial charge is 0.287 e. The molecule has 1 aliphatic heterocycles. The zero-order valence-electron chi connectivity index (χ0n) is 15.3. The summed E-state index contributed by atoms with van der Waals surface area (Å²) in [6, 6.07) is 9.64. The lowest BCUT2D eigenvalue weighted by molar-refractivity contribution is -0.128. The molecule has 0 bridgehead atoms. The highest BCUT2D eigenvalue weighted by Crippen LogP contribution is 2.39. The Hall–Kier alpha value is -2.30. The number of hydrogen-bond donors (Lipinski definition) is 2. The van der Waals surface area contributed by atoms with Crippen molar-refractivity contribution in [1.29, 1.82) is 0 Å². The van der Waals surface area contributed by atoms with Crippen molar-refractivity contribution in [1.82, 2.24) is 10.6 Å². The monoisotopic (exact) mass is 354 g/mol. The highest BCUT2D eigenvalue weighted by atomic mass is 16.3. The van der Waals surface area contributed by atoms with Crippen LogP contribution in [0.25, 0.3) is 11.0 Å². The molecule has 1 aromatic heterocycles. The van der Waals surface area contributed by atoms with Gasteiger partial charge in [0.15, 0.2) is 5.76 Å². The van der Waals surface area contributed by atoms with Gasteiger partial charge < -0.3 is 15.1 Å². The van der Waals surface area contributed by atoms with Crippen LogP contribution in [0.4, 0.5) is 0 Å². The van der Waals surface area contributed by atoms with Crippen LogP contribution in [-0.2, 0) is 4.79 Å². The lowest BCUT2D eigenvalue weighted by atomic mass is 9.67. The molecule has 2 heterocycles. The fourth-order valence-corrected chi connectivity index (χ4v) is 4.72. The average Bonchev–Trinajstić information content (AvgIpc) is 3.05. The van der Waals surface area contributed by atoms with Gasteiger partial charge in [0.25, 0.3) is 5.91 Å². The van der Waals surface area contributed by atoms with E-state index < -0.39 is 0 Å². The fraction of sp³-hybridized carbons (Fsp3) is 0.524. The van der Waals surface area contributed by atoms with Crippen molar-refractivity contribution in [3.8, 4) is 0 Å². The van der Waals surface area contributed by atoms with Gasteiger partial charge in [-0.1, -0.05) is 32.0 Å². The summed E-state index contributed by atoms with van der Waals surface area (Å²) in [5, 5.41) is 7.19. The third kappa shape index (κ3) is 3.22. The van der Waals surface area contributed by atoms with Gasteiger partial charge in [0.1, 0.15) is 5.58 Å². The lowest BCUT2D eigenvalue weighted by Gasteiger charge is -2.45. The first-order valence-corrected chi connectivity index (χ1v) is 9.60. The van der Waals surface area contributed by atoms with Gasteiger partial charge in [-0.15, -0.1) is 0 Å². The summed E-state index contributed by atoms with van der Waals surface area (Å²) in [7, 11) is 0. The van der Waals surface area contributed by atoms with E-state index in [1.807, 2.05) is 24.3 Å². The Kier molecular flexibility index (Phi) is 4.47. The molecule has 1 aliphatic carbocycles. The van der Waals surface area contributed by atoms with Gasteiger partial charge in [0.05, 0.1) is 0 Å². The highest BCUT2D eigenvalue weighted by molar-refractivity contribution is 5.96. The lowest BCUT2D eigenvalue weighted by Crippen LogP contribution is -2.56. The van der Waals surface area contributed by atoms with Gasteiger partial charge >= 0.3 is 0 Å². The summed E-state index contributed by atoms with van der Waals surface area (Å²) in [4.78, 5) is 24.7. The Balaban J connectivity index is 1.43. The Bertz CT molecular complexity index is 793. The minimum absolute atomic E-state index is 0.0724. The number of rotatable bonds is 3. The highest BCUT2D eigenvalue weighted by Gasteiger charge is 2.42. The van der Waals surface area contributed by atoms with Gasteiger partial charge in [-0.3, -0.25) is 9.59 Å². The maximum Gasteiger partial charge on any atom is 0.287 e. The van der Waals surface area contributed by atoms with E-state index in [1.54, 1.807) is 6.07 Å². The maximum atomic E-state index is 12.6. The van der Waals surface area contributed by atoms with Gasteiger partial charge in [0, 0.05) is 23.9 Å². The second-order valence-electron chi connectivity index (χ2n) is 8.08. The molecule has 26 heavy (non-hydrogen) atoms. The van der Waals surface area contributed by atoms with E-state index in [2.05, 4.69) is 24.5 Å². The van der Waals surface area contributed by atoms with E-state index in [-0.39, 0.29) is 23.9 Å². The van der Waals surface area contributed by atoms with Crippen LogP contribution in [0.15, 0.2) is 34.7 Å². The molecule has 4 atom stereocenters. The number of carbonyl (C=O) groups is 2. The van der Waals surface area contributed by atoms with Gasteiger partial charge in [0.2, 0.25) is 5.91 Å². The summed E-state index contributed by atoms with van der Waals surface area (Å²) < 4.78 is 5.66. The second kappa shape index (κ2) is 6.78. The maximum absolute atomic E-state index is 12.6. The molecule has 0 spiro atoms. The number of amides is 2. The number of carbonyl (C=O) groups excluding carboxylic acids is 2. The van der Waals surface area contributed by atoms with Gasteiger partial charge in [-0.05, 0) is 49.1 Å². The largest absolute Gasteiger partial charge is 0.451 e. The number of fused-ring (bicyclic) bond motifs is 2. The van der Waals surface area contributed by atoms with Crippen molar-refractivity contribution in [3.63, 3.8) is 0 Å². The van der Waals surface area contributed by atoms with E-state index in [1.165, 1.54) is 0 Å². The molecule has 5 nitrogen and oxygen atoms in total. The number of piperidine rings is 1. The molecule has 2 N–H and O–H groups in total. The van der Waals surface area contributed by atoms with Crippen LogP contribution >= 0.6 is 0 Å². The minimum Gasteiger partial charge on any atom is -0.451 e. The van der Waals surface area contributed by atoms with Crippen molar-refractivity contribution in [2.24, 2.45) is 17.8 Å². The standard InChI is InChI=1S/C21H26N2O3/c1-12(2)16-11-20(24)23-17-10-14(7-8-15(16)17)22-21(25)19-9-13-5-3-4-6-18(13)26-19/h3-6,9,12,14-17H,7-8,10-11H2,1-2H3,(H,22,25)(H,23,24). The Morgan fingerprint density at radius 2 is 2.08 bits per heavy atom. The van der Waals surface area contributed by atoms with Crippen molar-refractivity contribution in [3.05, 3.63) is 36.1 Å². The van der Waals surface area contributed by atoms with Crippen LogP contribution < -0.4 is 10.6 Å². The first kappa shape index (κ1) is 17.1. The minimum atomic E-state index is -0.174. The van der Waals surface area contributed by atoms with E-state index in [4.69, 9.17) is 4.42 Å². The van der Waals surface area contributed by atoms with Crippen molar-refractivity contribution >= 4 is 22.8 Å². The topological polar surface area (TPSA) is 71.3 Å². The molecule has 138 valence electrons. The fourth-order valence-electron chi connectivity index (χ4n) is 4.72. The molecule has 1 saturated heterocycles. The molecule has 2 aromatic rings. The predicted molar refractivity (Wildman–Crippen MR) is 99.7 cm³/mol. The van der Waals surface area contributed by atoms with Crippen LogP contribution in [0.1, 0.15) is 50.1 Å². The van der Waals surface area contributed by atoms with E-state index in [0.717, 1.165) is 30.2 Å². The number of furan rings is 1. The normalized spacial score (nSPS) is 28.7. The molecular weight excluding hydrogens is 328 g/mol. The zero-order valence-corrected chi connectivity index (χ0v) is 15.3. The summed E-state index contributed by atoms with van der Waals surface area (Å²) in [5.41, 5.74) is 0.723. The average molecular weight is 354 g/mol. The van der Waals surface area contributed by atoms with Crippen molar-refractivity contribution in [2.45, 2.75) is 51.6 Å². The Labute approximate surface area is 153 Å². The van der Waals surface area contributed by atoms with Crippen molar-refractivity contribution < 1.29 is 14.0 Å². The molecule has 2 amide bonds. The molecule has 5 heteroatoms. The van der Waals surface area contributed by atoms with Crippen LogP contribution in [0.2, 0.25) is 0 Å². The summed E-state index contributed by atoms with van der Waals surface area (Å²) in [5.74, 6) is 1.80. The molecule has 1 aromatic carbocycles. The molecule has 0 radical (unpaired) electrons. The quantitative estimate of drug-likeness (QED) is 0.886. The first-order valence-electron chi connectivity index (χ1n) is 9.60. The molecule has 4 unspecified atom stereocenters. The number of hydrogen-bond acceptors (Lipinski definition) is 3. The van der Waals surface area contributed by atoms with E-state index in [9.17, 15) is 9.59 Å². The van der Waals surface area contributed by atoms with E-state index in [0.29, 0.717) is 29.9 Å². The molecular formula is C21H26N2O3. The van der Waals surface area contributed by atoms with Crippen LogP contribution in [0.3, 0.4) is 0 Å². The SMILES string of the molecule is CC(C)C1CC(=O)NC2CC(NC(=O)c3cc4ccccc4o3)CCC21. The summed E-state index contributed by atoms with van der Waals surface area (Å²) >= 11 is 0. The number of benzene rings is 1. The first-order chi connectivity index (χ1) is 12.5. The van der Waals surface area contributed by atoms with Gasteiger partial charge in [-0.2, -0.15) is 0 Å². The van der Waals surface area contributed by atoms with Crippen LogP contribution in [0.5, 0.6) is 0 Å². The summed E-state index contributed by atoms with van der Waals surface area (Å²) in [6.07, 6.45) is 3.42. The molecule has 2 fully saturated rings. The third-order valence-electron chi connectivity index (χ3n) is 6.06. The number of para-hydroxylation sites is 1. The Morgan fingerprint density at radius 3 is 2.85 bits per heavy atom. The number of nitrogens with one attached hydrogen (secondary N) is 2. The summed E-state index contributed by atoms with van der Waals surface area (Å²) in [6.45, 7) is 4.41.